The van der Waals surface area contributed by atoms with Crippen LogP contribution in [0.4, 0.5) is 5.95 Å². The molecule has 25 heavy (non-hydrogen) atoms. The highest BCUT2D eigenvalue weighted by molar-refractivity contribution is 5.71. The fraction of sp³-hybridized carbons (Fsp3) is 0.0556. The van der Waals surface area contributed by atoms with Gasteiger partial charge in [-0.05, 0) is 18.2 Å². The number of nitriles is 1. The molecular formula is C18H13N7. The molecule has 0 spiro atoms. The number of fused-ring (bicyclic) bond motifs is 1. The van der Waals surface area contributed by atoms with Gasteiger partial charge in [-0.15, -0.1) is 5.10 Å². The average molecular weight is 327 g/mol. The summed E-state index contributed by atoms with van der Waals surface area (Å²) in [4.78, 5) is 13.2. The minimum atomic E-state index is 0.222. The number of benzene rings is 1. The van der Waals surface area contributed by atoms with Crippen LogP contribution >= 0.6 is 0 Å². The lowest BCUT2D eigenvalue weighted by Gasteiger charge is -2.05. The van der Waals surface area contributed by atoms with E-state index in [1.54, 1.807) is 18.3 Å². The molecule has 0 aliphatic heterocycles. The standard InChI is InChI=1S/C18H13N7/c19-11-12-5-1-2-7-14(12)15-10-17-23-16(24-25(17)18(20)22-15)9-13-6-3-4-8-21-13/h1-8,10H,9H2,(H2,20,22). The SMILES string of the molecule is N#Cc1ccccc1-c1cc2nc(Cc3ccccn3)nn2c(N)n1. The van der Waals surface area contributed by atoms with Gasteiger partial charge in [-0.25, -0.2) is 9.97 Å². The van der Waals surface area contributed by atoms with Crippen LogP contribution in [0.1, 0.15) is 17.1 Å². The number of hydrogen-bond acceptors (Lipinski definition) is 6. The molecule has 7 heteroatoms. The molecular weight excluding hydrogens is 314 g/mol. The van der Waals surface area contributed by atoms with E-state index in [1.165, 1.54) is 4.52 Å². The van der Waals surface area contributed by atoms with Crippen molar-refractivity contribution in [1.82, 2.24) is 24.6 Å². The molecule has 0 fully saturated rings. The molecule has 0 unspecified atom stereocenters. The van der Waals surface area contributed by atoms with Crippen LogP contribution in [0.3, 0.4) is 0 Å². The van der Waals surface area contributed by atoms with Crippen molar-refractivity contribution in [1.29, 1.82) is 5.26 Å². The first kappa shape index (κ1) is 14.8. The molecule has 0 amide bonds. The number of hydrogen-bond donors (Lipinski definition) is 1. The van der Waals surface area contributed by atoms with E-state index in [2.05, 4.69) is 26.1 Å². The molecule has 0 bridgehead atoms. The van der Waals surface area contributed by atoms with E-state index in [9.17, 15) is 5.26 Å². The average Bonchev–Trinajstić information content (AvgIpc) is 3.05. The van der Waals surface area contributed by atoms with Crippen molar-refractivity contribution in [2.45, 2.75) is 6.42 Å². The van der Waals surface area contributed by atoms with Crippen molar-refractivity contribution >= 4 is 11.6 Å². The second-order valence-corrected chi connectivity index (χ2v) is 5.45. The topological polar surface area (TPSA) is 106 Å². The third-order valence-electron chi connectivity index (χ3n) is 3.78. The Morgan fingerprint density at radius 3 is 2.72 bits per heavy atom. The summed E-state index contributed by atoms with van der Waals surface area (Å²) in [6.07, 6.45) is 2.24. The maximum atomic E-state index is 9.28. The molecule has 3 heterocycles. The van der Waals surface area contributed by atoms with Crippen LogP contribution in [0, 0.1) is 11.3 Å². The molecule has 0 saturated heterocycles. The Labute approximate surface area is 143 Å². The van der Waals surface area contributed by atoms with Crippen LogP contribution in [-0.4, -0.2) is 24.6 Å². The molecule has 120 valence electrons. The molecule has 0 saturated carbocycles. The molecule has 0 aliphatic rings. The molecule has 0 aliphatic carbocycles. The molecule has 7 nitrogen and oxygen atoms in total. The van der Waals surface area contributed by atoms with E-state index in [4.69, 9.17) is 5.73 Å². The normalized spacial score (nSPS) is 10.7. The van der Waals surface area contributed by atoms with Gasteiger partial charge in [0.05, 0.1) is 23.7 Å². The van der Waals surface area contributed by atoms with E-state index >= 15 is 0 Å². The van der Waals surface area contributed by atoms with E-state index in [1.807, 2.05) is 36.4 Å². The lowest BCUT2D eigenvalue weighted by molar-refractivity contribution is 0.879. The lowest BCUT2D eigenvalue weighted by Crippen LogP contribution is -2.03. The largest absolute Gasteiger partial charge is 0.368 e. The molecule has 1 aromatic carbocycles. The Morgan fingerprint density at radius 2 is 1.92 bits per heavy atom. The third-order valence-corrected chi connectivity index (χ3v) is 3.78. The van der Waals surface area contributed by atoms with Crippen molar-refractivity contribution in [3.05, 3.63) is 71.8 Å². The Morgan fingerprint density at radius 1 is 1.08 bits per heavy atom. The van der Waals surface area contributed by atoms with Gasteiger partial charge < -0.3 is 5.73 Å². The molecule has 3 aromatic heterocycles. The Balaban J connectivity index is 1.79. The number of pyridine rings is 1. The summed E-state index contributed by atoms with van der Waals surface area (Å²) in [7, 11) is 0. The number of aromatic nitrogens is 5. The number of nitrogen functional groups attached to an aromatic ring is 1. The quantitative estimate of drug-likeness (QED) is 0.618. The predicted octanol–water partition coefficient (Wildman–Crippen LogP) is 2.23. The lowest BCUT2D eigenvalue weighted by atomic mass is 10.1. The molecule has 4 aromatic rings. The number of nitrogens with zero attached hydrogens (tertiary/aromatic N) is 6. The van der Waals surface area contributed by atoms with Crippen molar-refractivity contribution in [3.8, 4) is 17.3 Å². The first-order valence-corrected chi connectivity index (χ1v) is 7.66. The van der Waals surface area contributed by atoms with Gasteiger partial charge >= 0.3 is 0 Å². The van der Waals surface area contributed by atoms with E-state index in [-0.39, 0.29) is 5.95 Å². The Bertz CT molecular complexity index is 1090. The maximum absolute atomic E-state index is 9.28. The van der Waals surface area contributed by atoms with Crippen LogP contribution in [0.15, 0.2) is 54.7 Å². The first-order chi connectivity index (χ1) is 12.2. The van der Waals surface area contributed by atoms with Gasteiger partial charge in [-0.3, -0.25) is 4.98 Å². The summed E-state index contributed by atoms with van der Waals surface area (Å²) < 4.78 is 1.50. The van der Waals surface area contributed by atoms with Gasteiger partial charge in [0.2, 0.25) is 5.95 Å². The minimum Gasteiger partial charge on any atom is -0.368 e. The Hall–Kier alpha value is -3.79. The van der Waals surface area contributed by atoms with Crippen LogP contribution in [0.5, 0.6) is 0 Å². The van der Waals surface area contributed by atoms with Gasteiger partial charge in [-0.1, -0.05) is 24.3 Å². The summed E-state index contributed by atoms with van der Waals surface area (Å²) >= 11 is 0. The highest BCUT2D eigenvalue weighted by atomic mass is 15.3. The van der Waals surface area contributed by atoms with Crippen LogP contribution < -0.4 is 5.73 Å². The summed E-state index contributed by atoms with van der Waals surface area (Å²) in [5.41, 5.74) is 9.35. The van der Waals surface area contributed by atoms with Crippen LogP contribution in [0.25, 0.3) is 16.9 Å². The van der Waals surface area contributed by atoms with E-state index in [0.717, 1.165) is 5.69 Å². The van der Waals surface area contributed by atoms with E-state index < -0.39 is 0 Å². The van der Waals surface area contributed by atoms with Gasteiger partial charge in [-0.2, -0.15) is 9.78 Å². The highest BCUT2D eigenvalue weighted by Gasteiger charge is 2.13. The zero-order valence-electron chi connectivity index (χ0n) is 13.2. The first-order valence-electron chi connectivity index (χ1n) is 7.66. The van der Waals surface area contributed by atoms with E-state index in [0.29, 0.717) is 34.7 Å². The molecule has 4 rings (SSSR count). The summed E-state index contributed by atoms with van der Waals surface area (Å²) in [5.74, 6) is 0.831. The summed E-state index contributed by atoms with van der Waals surface area (Å²) in [6.45, 7) is 0. The van der Waals surface area contributed by atoms with Gasteiger partial charge in [0.15, 0.2) is 11.5 Å². The maximum Gasteiger partial charge on any atom is 0.223 e. The number of anilines is 1. The molecule has 0 atom stereocenters. The third kappa shape index (κ3) is 2.77. The summed E-state index contributed by atoms with van der Waals surface area (Å²) in [5, 5.41) is 13.7. The second-order valence-electron chi connectivity index (χ2n) is 5.45. The minimum absolute atomic E-state index is 0.222. The monoisotopic (exact) mass is 327 g/mol. The predicted molar refractivity (Wildman–Crippen MR) is 92.4 cm³/mol. The van der Waals surface area contributed by atoms with Gasteiger partial charge in [0.1, 0.15) is 0 Å². The van der Waals surface area contributed by atoms with Gasteiger partial charge in [0, 0.05) is 23.5 Å². The fourth-order valence-corrected chi connectivity index (χ4v) is 2.64. The zero-order valence-corrected chi connectivity index (χ0v) is 13.2. The van der Waals surface area contributed by atoms with Crippen LogP contribution in [0.2, 0.25) is 0 Å². The van der Waals surface area contributed by atoms with Crippen molar-refractivity contribution in [2.24, 2.45) is 0 Å². The van der Waals surface area contributed by atoms with Crippen molar-refractivity contribution in [3.63, 3.8) is 0 Å². The Kier molecular flexibility index (Phi) is 3.56. The fourth-order valence-electron chi connectivity index (χ4n) is 2.64. The molecule has 2 N–H and O–H groups in total. The number of nitrogens with two attached hydrogens (primary N) is 1. The van der Waals surface area contributed by atoms with Crippen molar-refractivity contribution < 1.29 is 0 Å². The van der Waals surface area contributed by atoms with Gasteiger partial charge in [0.25, 0.3) is 0 Å². The highest BCUT2D eigenvalue weighted by Crippen LogP contribution is 2.23. The second kappa shape index (κ2) is 6.02. The number of rotatable bonds is 3. The smallest absolute Gasteiger partial charge is 0.223 e. The molecule has 0 radical (unpaired) electrons. The summed E-state index contributed by atoms with van der Waals surface area (Å²) in [6, 6.07) is 16.9. The van der Waals surface area contributed by atoms with Crippen molar-refractivity contribution in [2.75, 3.05) is 5.73 Å². The van der Waals surface area contributed by atoms with Crippen LogP contribution in [-0.2, 0) is 6.42 Å². The zero-order chi connectivity index (χ0) is 17.2.